The van der Waals surface area contributed by atoms with E-state index in [9.17, 15) is 14.9 Å². The number of aliphatic imine (C=N–C) groups is 1. The number of carbonyl (C=O) groups is 1. The normalized spacial score (nSPS) is 13.0. The van der Waals surface area contributed by atoms with Crippen molar-refractivity contribution in [2.24, 2.45) is 4.99 Å². The first-order valence-corrected chi connectivity index (χ1v) is 12.3. The van der Waals surface area contributed by atoms with E-state index in [0.29, 0.717) is 45.7 Å². The van der Waals surface area contributed by atoms with Gasteiger partial charge in [0, 0.05) is 4.88 Å². The Hall–Kier alpha value is -4.18. The minimum Gasteiger partial charge on any atom is -0.497 e. The van der Waals surface area contributed by atoms with Gasteiger partial charge in [-0.1, -0.05) is 0 Å². The summed E-state index contributed by atoms with van der Waals surface area (Å²) in [7, 11) is 1.45. The van der Waals surface area contributed by atoms with Crippen molar-refractivity contribution in [2.45, 2.75) is 32.2 Å². The smallest absolute Gasteiger partial charge is 0.284 e. The van der Waals surface area contributed by atoms with Gasteiger partial charge in [0.1, 0.15) is 28.0 Å². The number of amides is 1. The number of furan rings is 2. The number of thiophene rings is 1. The minimum absolute atomic E-state index is 0.117. The standard InChI is InChI=1S/C26H23N3O6S/c1-33-16-8-10-19(21(13-16)29(31)32)22-11-9-18(35-22)15-28-26-24(20-6-2-3-7-23(20)36-26)25(30)27-14-17-5-4-12-34-17/h4-5,8-13,15H,2-3,6-7,14H2,1H3,(H,27,30)/b28-15-. The molecule has 1 aromatic carbocycles. The molecule has 0 saturated heterocycles. The molecule has 3 aromatic heterocycles. The van der Waals surface area contributed by atoms with Gasteiger partial charge < -0.3 is 18.9 Å². The number of aryl methyl sites for hydroxylation is 1. The maximum atomic E-state index is 13.1. The van der Waals surface area contributed by atoms with E-state index < -0.39 is 4.92 Å². The van der Waals surface area contributed by atoms with Gasteiger partial charge in [0.15, 0.2) is 0 Å². The molecule has 1 amide bonds. The summed E-state index contributed by atoms with van der Waals surface area (Å²) in [6.07, 6.45) is 7.01. The number of hydrogen-bond acceptors (Lipinski definition) is 8. The Kier molecular flexibility index (Phi) is 6.68. The largest absolute Gasteiger partial charge is 0.497 e. The van der Waals surface area contributed by atoms with Gasteiger partial charge >= 0.3 is 0 Å². The van der Waals surface area contributed by atoms with Crippen molar-refractivity contribution in [3.63, 3.8) is 0 Å². The van der Waals surface area contributed by atoms with E-state index in [-0.39, 0.29) is 11.6 Å². The van der Waals surface area contributed by atoms with Crippen molar-refractivity contribution in [3.05, 3.63) is 86.4 Å². The van der Waals surface area contributed by atoms with Crippen molar-refractivity contribution in [1.82, 2.24) is 5.32 Å². The SMILES string of the molecule is COc1ccc(-c2ccc(/C=N\c3sc4c(c3C(=O)NCc3ccco3)CCCC4)o2)c([N+](=O)[O-])c1. The van der Waals surface area contributed by atoms with Crippen molar-refractivity contribution in [1.29, 1.82) is 0 Å². The Bertz CT molecular complexity index is 1430. The Labute approximate surface area is 210 Å². The summed E-state index contributed by atoms with van der Waals surface area (Å²) in [6.45, 7) is 0.293. The molecule has 1 aliphatic rings. The van der Waals surface area contributed by atoms with E-state index in [2.05, 4.69) is 10.3 Å². The van der Waals surface area contributed by atoms with Gasteiger partial charge in [-0.05, 0) is 67.6 Å². The van der Waals surface area contributed by atoms with Crippen LogP contribution in [-0.4, -0.2) is 24.2 Å². The predicted molar refractivity (Wildman–Crippen MR) is 135 cm³/mol. The monoisotopic (exact) mass is 505 g/mol. The van der Waals surface area contributed by atoms with E-state index >= 15 is 0 Å². The highest BCUT2D eigenvalue weighted by Gasteiger charge is 2.25. The van der Waals surface area contributed by atoms with Crippen LogP contribution < -0.4 is 10.1 Å². The zero-order chi connectivity index (χ0) is 25.1. The predicted octanol–water partition coefficient (Wildman–Crippen LogP) is 6.08. The van der Waals surface area contributed by atoms with Gasteiger partial charge in [0.05, 0.1) is 48.2 Å². The van der Waals surface area contributed by atoms with Gasteiger partial charge in [0.25, 0.3) is 11.6 Å². The van der Waals surface area contributed by atoms with Crippen molar-refractivity contribution in [2.75, 3.05) is 7.11 Å². The Morgan fingerprint density at radius 1 is 1.25 bits per heavy atom. The number of hydrogen-bond donors (Lipinski definition) is 1. The number of rotatable bonds is 8. The lowest BCUT2D eigenvalue weighted by Crippen LogP contribution is -2.23. The van der Waals surface area contributed by atoms with Crippen LogP contribution in [0.3, 0.4) is 0 Å². The summed E-state index contributed by atoms with van der Waals surface area (Å²) >= 11 is 1.52. The molecule has 0 unspecified atom stereocenters. The Morgan fingerprint density at radius 3 is 2.89 bits per heavy atom. The molecule has 0 bridgehead atoms. The summed E-state index contributed by atoms with van der Waals surface area (Å²) in [5.41, 5.74) is 1.87. The lowest BCUT2D eigenvalue weighted by Gasteiger charge is -2.12. The molecule has 0 aliphatic heterocycles. The highest BCUT2D eigenvalue weighted by Crippen LogP contribution is 2.40. The van der Waals surface area contributed by atoms with Gasteiger partial charge in [-0.25, -0.2) is 4.99 Å². The van der Waals surface area contributed by atoms with Crippen LogP contribution >= 0.6 is 11.3 Å². The van der Waals surface area contributed by atoms with Crippen LogP contribution in [0.2, 0.25) is 0 Å². The lowest BCUT2D eigenvalue weighted by molar-refractivity contribution is -0.384. The van der Waals surface area contributed by atoms with Crippen molar-refractivity contribution in [3.8, 4) is 17.1 Å². The molecule has 0 radical (unpaired) electrons. The molecule has 0 atom stereocenters. The number of methoxy groups -OCH3 is 1. The van der Waals surface area contributed by atoms with Gasteiger partial charge in [-0.15, -0.1) is 11.3 Å². The number of carbonyl (C=O) groups excluding carboxylic acids is 1. The summed E-state index contributed by atoms with van der Waals surface area (Å²) in [5.74, 6) is 1.63. The summed E-state index contributed by atoms with van der Waals surface area (Å²) in [5, 5.41) is 15.1. The Balaban J connectivity index is 1.41. The van der Waals surface area contributed by atoms with Crippen LogP contribution in [0, 0.1) is 10.1 Å². The molecule has 1 aliphatic carbocycles. The number of ether oxygens (including phenoxy) is 1. The van der Waals surface area contributed by atoms with Crippen molar-refractivity contribution < 1.29 is 23.3 Å². The zero-order valence-corrected chi connectivity index (χ0v) is 20.3. The third-order valence-electron chi connectivity index (χ3n) is 5.99. The maximum absolute atomic E-state index is 13.1. The zero-order valence-electron chi connectivity index (χ0n) is 19.5. The second kappa shape index (κ2) is 10.2. The van der Waals surface area contributed by atoms with Gasteiger partial charge in [-0.3, -0.25) is 14.9 Å². The molecule has 3 heterocycles. The average Bonchev–Trinajstić information content (AvgIpc) is 3.65. The maximum Gasteiger partial charge on any atom is 0.284 e. The molecule has 5 rings (SSSR count). The first-order chi connectivity index (χ1) is 17.5. The first kappa shape index (κ1) is 23.6. The molecule has 1 N–H and O–H groups in total. The van der Waals surface area contributed by atoms with Crippen LogP contribution in [0.1, 0.15) is 45.2 Å². The second-order valence-corrected chi connectivity index (χ2v) is 9.34. The van der Waals surface area contributed by atoms with Crippen LogP contribution in [0.15, 0.2) is 62.6 Å². The number of nitrogens with zero attached hydrogens (tertiary/aromatic N) is 2. The molecule has 9 nitrogen and oxygen atoms in total. The molecular formula is C26H23N3O6S. The number of fused-ring (bicyclic) bond motifs is 1. The third-order valence-corrected chi connectivity index (χ3v) is 7.19. The van der Waals surface area contributed by atoms with Crippen LogP contribution in [-0.2, 0) is 19.4 Å². The summed E-state index contributed by atoms with van der Waals surface area (Å²) < 4.78 is 16.3. The molecule has 0 fully saturated rings. The number of nitro benzene ring substituents is 1. The van der Waals surface area contributed by atoms with Crippen molar-refractivity contribution >= 4 is 34.1 Å². The summed E-state index contributed by atoms with van der Waals surface area (Å²) in [4.78, 5) is 30.0. The molecule has 184 valence electrons. The first-order valence-electron chi connectivity index (χ1n) is 11.5. The van der Waals surface area contributed by atoms with Crippen LogP contribution in [0.25, 0.3) is 11.3 Å². The average molecular weight is 506 g/mol. The quantitative estimate of drug-likeness (QED) is 0.176. The van der Waals surface area contributed by atoms with Gasteiger partial charge in [0.2, 0.25) is 0 Å². The molecule has 4 aromatic rings. The fourth-order valence-electron chi connectivity index (χ4n) is 4.23. The minimum atomic E-state index is -0.474. The van der Waals surface area contributed by atoms with E-state index in [1.54, 1.807) is 42.8 Å². The molecule has 36 heavy (non-hydrogen) atoms. The number of benzene rings is 1. The summed E-state index contributed by atoms with van der Waals surface area (Å²) in [6, 6.07) is 11.5. The molecule has 0 saturated carbocycles. The topological polar surface area (TPSA) is 120 Å². The second-order valence-electron chi connectivity index (χ2n) is 8.25. The van der Waals surface area contributed by atoms with Crippen LogP contribution in [0.5, 0.6) is 5.75 Å². The van der Waals surface area contributed by atoms with Gasteiger partial charge in [-0.2, -0.15) is 0 Å². The van der Waals surface area contributed by atoms with E-state index in [4.69, 9.17) is 13.6 Å². The van der Waals surface area contributed by atoms with E-state index in [0.717, 1.165) is 31.2 Å². The molecule has 0 spiro atoms. The molecule has 10 heteroatoms. The lowest BCUT2D eigenvalue weighted by atomic mass is 9.95. The highest BCUT2D eigenvalue weighted by atomic mass is 32.1. The Morgan fingerprint density at radius 2 is 2.11 bits per heavy atom. The number of nitro groups is 1. The highest BCUT2D eigenvalue weighted by molar-refractivity contribution is 7.16. The van der Waals surface area contributed by atoms with E-state index in [1.165, 1.54) is 29.4 Å². The fraction of sp³-hybridized carbons (Fsp3) is 0.231. The van der Waals surface area contributed by atoms with E-state index in [1.807, 2.05) is 6.07 Å². The van der Waals surface area contributed by atoms with Crippen LogP contribution in [0.4, 0.5) is 10.7 Å². The fourth-order valence-corrected chi connectivity index (χ4v) is 5.46. The third kappa shape index (κ3) is 4.80. The number of nitrogens with one attached hydrogen (secondary N) is 1. The molecular weight excluding hydrogens is 482 g/mol.